The van der Waals surface area contributed by atoms with Crippen molar-refractivity contribution in [2.24, 2.45) is 0 Å². The monoisotopic (exact) mass is 205 g/mol. The van der Waals surface area contributed by atoms with Gasteiger partial charge in [0.05, 0.1) is 6.54 Å². The topological polar surface area (TPSA) is 40.5 Å². The number of rotatable bonds is 6. The van der Waals surface area contributed by atoms with Crippen molar-refractivity contribution >= 4 is 5.97 Å². The van der Waals surface area contributed by atoms with Crippen LogP contribution in [-0.2, 0) is 4.79 Å². The second kappa shape index (κ2) is 4.04. The van der Waals surface area contributed by atoms with Crippen LogP contribution >= 0.6 is 0 Å². The second-order valence-corrected chi connectivity index (χ2v) is 3.46. The van der Waals surface area contributed by atoms with E-state index in [1.807, 2.05) is 0 Å². The maximum absolute atomic E-state index is 12.8. The molecule has 0 aromatic rings. The highest BCUT2D eigenvalue weighted by Crippen LogP contribution is 2.29. The van der Waals surface area contributed by atoms with E-state index in [-0.39, 0.29) is 6.04 Å². The van der Waals surface area contributed by atoms with Crippen molar-refractivity contribution in [1.82, 2.24) is 4.90 Å². The Bertz CT molecular complexity index is 239. The Morgan fingerprint density at radius 2 is 2.21 bits per heavy atom. The first kappa shape index (κ1) is 11.1. The number of carboxylic acid groups (broad SMARTS) is 1. The molecule has 0 heterocycles. The molecule has 0 atom stereocenters. The van der Waals surface area contributed by atoms with Crippen molar-refractivity contribution in [1.29, 1.82) is 0 Å². The second-order valence-electron chi connectivity index (χ2n) is 3.46. The Morgan fingerprint density at radius 1 is 1.64 bits per heavy atom. The first-order chi connectivity index (χ1) is 6.47. The van der Waals surface area contributed by atoms with Crippen molar-refractivity contribution in [2.75, 3.05) is 13.1 Å². The third kappa shape index (κ3) is 2.77. The molecule has 5 heteroatoms. The van der Waals surface area contributed by atoms with Crippen LogP contribution < -0.4 is 0 Å². The van der Waals surface area contributed by atoms with Crippen molar-refractivity contribution in [3.05, 3.63) is 12.7 Å². The number of carbonyl (C=O) groups is 1. The molecule has 0 spiro atoms. The van der Waals surface area contributed by atoms with Gasteiger partial charge < -0.3 is 5.11 Å². The molecule has 0 aromatic carbocycles. The smallest absolute Gasteiger partial charge is 0.375 e. The standard InChI is InChI=1S/C9H13F2NO2/c1-2-5-12(7-3-4-7)6-9(10,11)8(13)14/h2,7H,1,3-6H2,(H,13,14). The number of aliphatic carboxylic acids is 1. The Morgan fingerprint density at radius 3 is 2.57 bits per heavy atom. The van der Waals surface area contributed by atoms with E-state index in [2.05, 4.69) is 6.58 Å². The zero-order valence-corrected chi connectivity index (χ0v) is 7.75. The van der Waals surface area contributed by atoms with Crippen molar-refractivity contribution in [3.63, 3.8) is 0 Å². The molecule has 0 aliphatic heterocycles. The Kier molecular flexibility index (Phi) is 3.21. The number of nitrogens with zero attached hydrogens (tertiary/aromatic N) is 1. The van der Waals surface area contributed by atoms with E-state index < -0.39 is 18.4 Å². The summed E-state index contributed by atoms with van der Waals surface area (Å²) in [5.41, 5.74) is 0. The molecule has 3 nitrogen and oxygen atoms in total. The number of hydrogen-bond donors (Lipinski definition) is 1. The highest BCUT2D eigenvalue weighted by Gasteiger charge is 2.43. The molecule has 0 amide bonds. The number of carboxylic acids is 1. The van der Waals surface area contributed by atoms with Gasteiger partial charge in [0.15, 0.2) is 0 Å². The molecule has 80 valence electrons. The fourth-order valence-electron chi connectivity index (χ4n) is 1.27. The van der Waals surface area contributed by atoms with Crippen LogP contribution in [0.4, 0.5) is 8.78 Å². The maximum Gasteiger partial charge on any atom is 0.375 e. The van der Waals surface area contributed by atoms with Crippen molar-refractivity contribution < 1.29 is 18.7 Å². The Hall–Kier alpha value is -0.970. The van der Waals surface area contributed by atoms with E-state index in [9.17, 15) is 13.6 Å². The molecule has 0 radical (unpaired) electrons. The van der Waals surface area contributed by atoms with E-state index in [1.54, 1.807) is 0 Å². The summed E-state index contributed by atoms with van der Waals surface area (Å²) >= 11 is 0. The predicted molar refractivity (Wildman–Crippen MR) is 47.4 cm³/mol. The minimum Gasteiger partial charge on any atom is -0.477 e. The van der Waals surface area contributed by atoms with Crippen LogP contribution in [0.3, 0.4) is 0 Å². The molecule has 1 aliphatic carbocycles. The molecule has 1 saturated carbocycles. The van der Waals surface area contributed by atoms with Crippen LogP contribution in [0.1, 0.15) is 12.8 Å². The van der Waals surface area contributed by atoms with Gasteiger partial charge in [0.1, 0.15) is 0 Å². The van der Waals surface area contributed by atoms with Gasteiger partial charge in [-0.3, -0.25) is 4.90 Å². The molecule has 1 rings (SSSR count). The fraction of sp³-hybridized carbons (Fsp3) is 0.667. The summed E-state index contributed by atoms with van der Waals surface area (Å²) in [5.74, 6) is -5.72. The Balaban J connectivity index is 2.53. The predicted octanol–water partition coefficient (Wildman–Crippen LogP) is 1.36. The molecule has 1 aliphatic rings. The summed E-state index contributed by atoms with van der Waals surface area (Å²) in [5, 5.41) is 8.26. The number of hydrogen-bond acceptors (Lipinski definition) is 2. The molecule has 14 heavy (non-hydrogen) atoms. The number of halogens is 2. The molecule has 0 saturated heterocycles. The van der Waals surface area contributed by atoms with E-state index in [0.29, 0.717) is 6.54 Å². The van der Waals surface area contributed by atoms with Crippen LogP contribution in [-0.4, -0.2) is 41.0 Å². The van der Waals surface area contributed by atoms with Crippen LogP contribution in [0, 0.1) is 0 Å². The summed E-state index contributed by atoms with van der Waals surface area (Å²) in [4.78, 5) is 11.7. The van der Waals surface area contributed by atoms with Crippen LogP contribution in [0.5, 0.6) is 0 Å². The van der Waals surface area contributed by atoms with Gasteiger partial charge in [-0.15, -0.1) is 6.58 Å². The van der Waals surface area contributed by atoms with Gasteiger partial charge >= 0.3 is 11.9 Å². The molecule has 1 N–H and O–H groups in total. The molecule has 0 unspecified atom stereocenters. The van der Waals surface area contributed by atoms with E-state index in [0.717, 1.165) is 12.8 Å². The normalized spacial score (nSPS) is 17.1. The fourth-order valence-corrected chi connectivity index (χ4v) is 1.27. The van der Waals surface area contributed by atoms with Gasteiger partial charge in [0, 0.05) is 12.6 Å². The molecule has 0 bridgehead atoms. The zero-order valence-electron chi connectivity index (χ0n) is 7.75. The Labute approximate surface area is 81.0 Å². The van der Waals surface area contributed by atoms with Gasteiger partial charge in [0.25, 0.3) is 0 Å². The van der Waals surface area contributed by atoms with Crippen molar-refractivity contribution in [3.8, 4) is 0 Å². The summed E-state index contributed by atoms with van der Waals surface area (Å²) in [6.45, 7) is 3.04. The molecular formula is C9H13F2NO2. The summed E-state index contributed by atoms with van der Waals surface area (Å²) in [7, 11) is 0. The maximum atomic E-state index is 12.8. The largest absolute Gasteiger partial charge is 0.477 e. The number of alkyl halides is 2. The average Bonchev–Trinajstić information content (AvgIpc) is 2.85. The molecular weight excluding hydrogens is 192 g/mol. The lowest BCUT2D eigenvalue weighted by Gasteiger charge is -2.23. The van der Waals surface area contributed by atoms with E-state index in [4.69, 9.17) is 5.11 Å². The van der Waals surface area contributed by atoms with Gasteiger partial charge in [-0.1, -0.05) is 6.08 Å². The molecule has 0 aromatic heterocycles. The third-order valence-electron chi connectivity index (χ3n) is 2.14. The quantitative estimate of drug-likeness (QED) is 0.665. The van der Waals surface area contributed by atoms with Gasteiger partial charge in [0.2, 0.25) is 0 Å². The summed E-state index contributed by atoms with van der Waals surface area (Å²) in [6, 6.07) is 0.109. The zero-order chi connectivity index (χ0) is 10.8. The SMILES string of the molecule is C=CCN(CC(F)(F)C(=O)O)C1CC1. The summed E-state index contributed by atoms with van der Waals surface area (Å²) in [6.07, 6.45) is 3.24. The van der Waals surface area contributed by atoms with Gasteiger partial charge in [-0.2, -0.15) is 8.78 Å². The first-order valence-electron chi connectivity index (χ1n) is 4.43. The van der Waals surface area contributed by atoms with Crippen LogP contribution in [0.15, 0.2) is 12.7 Å². The van der Waals surface area contributed by atoms with Gasteiger partial charge in [-0.05, 0) is 12.8 Å². The average molecular weight is 205 g/mol. The summed E-state index contributed by atoms with van der Waals surface area (Å²) < 4.78 is 25.7. The lowest BCUT2D eigenvalue weighted by Crippen LogP contribution is -2.43. The van der Waals surface area contributed by atoms with Gasteiger partial charge in [-0.25, -0.2) is 4.79 Å². The lowest BCUT2D eigenvalue weighted by atomic mass is 10.3. The lowest BCUT2D eigenvalue weighted by molar-refractivity contribution is -0.167. The minimum absolute atomic E-state index is 0.109. The minimum atomic E-state index is -3.66. The molecule has 1 fully saturated rings. The third-order valence-corrected chi connectivity index (χ3v) is 2.14. The van der Waals surface area contributed by atoms with E-state index >= 15 is 0 Å². The van der Waals surface area contributed by atoms with Crippen LogP contribution in [0.25, 0.3) is 0 Å². The highest BCUT2D eigenvalue weighted by molar-refractivity contribution is 5.75. The van der Waals surface area contributed by atoms with Crippen molar-refractivity contribution in [2.45, 2.75) is 24.8 Å². The highest BCUT2D eigenvalue weighted by atomic mass is 19.3. The first-order valence-corrected chi connectivity index (χ1v) is 4.43. The van der Waals surface area contributed by atoms with E-state index in [1.165, 1.54) is 11.0 Å². The van der Waals surface area contributed by atoms with Crippen LogP contribution in [0.2, 0.25) is 0 Å².